The summed E-state index contributed by atoms with van der Waals surface area (Å²) in [6, 6.07) is 2.04. The lowest BCUT2D eigenvalue weighted by Crippen LogP contribution is -2.46. The molecule has 1 aliphatic heterocycles. The lowest BCUT2D eigenvalue weighted by atomic mass is 10.0. The SMILES string of the molecule is CC(CCl)C(=O)NC1CCN(c2ncccn2)CC1. The zero-order valence-corrected chi connectivity index (χ0v) is 11.8. The van der Waals surface area contributed by atoms with E-state index in [1.807, 2.05) is 13.0 Å². The summed E-state index contributed by atoms with van der Waals surface area (Å²) < 4.78 is 0. The molecule has 0 radical (unpaired) electrons. The predicted octanol–water partition coefficient (Wildman–Crippen LogP) is 1.44. The van der Waals surface area contributed by atoms with Gasteiger partial charge >= 0.3 is 0 Å². The van der Waals surface area contributed by atoms with Crippen LogP contribution in [0.3, 0.4) is 0 Å². The summed E-state index contributed by atoms with van der Waals surface area (Å²) in [5.41, 5.74) is 0. The van der Waals surface area contributed by atoms with Gasteiger partial charge in [-0.3, -0.25) is 4.79 Å². The van der Waals surface area contributed by atoms with Crippen molar-refractivity contribution in [1.29, 1.82) is 0 Å². The summed E-state index contributed by atoms with van der Waals surface area (Å²) in [6.45, 7) is 3.57. The van der Waals surface area contributed by atoms with E-state index < -0.39 is 0 Å². The lowest BCUT2D eigenvalue weighted by molar-refractivity contribution is -0.124. The van der Waals surface area contributed by atoms with E-state index in [9.17, 15) is 4.79 Å². The number of halogens is 1. The van der Waals surface area contributed by atoms with E-state index in [-0.39, 0.29) is 17.9 Å². The van der Waals surface area contributed by atoms with Crippen LogP contribution >= 0.6 is 11.6 Å². The van der Waals surface area contributed by atoms with Crippen molar-refractivity contribution < 1.29 is 4.79 Å². The van der Waals surface area contributed by atoms with Crippen LogP contribution in [0.2, 0.25) is 0 Å². The fourth-order valence-electron chi connectivity index (χ4n) is 2.09. The monoisotopic (exact) mass is 282 g/mol. The molecule has 0 spiro atoms. The van der Waals surface area contributed by atoms with E-state index in [0.717, 1.165) is 31.9 Å². The molecule has 1 aliphatic rings. The van der Waals surface area contributed by atoms with Crippen LogP contribution in [0.25, 0.3) is 0 Å². The molecular weight excluding hydrogens is 264 g/mol. The first-order chi connectivity index (χ1) is 9.20. The summed E-state index contributed by atoms with van der Waals surface area (Å²) in [5, 5.41) is 3.05. The van der Waals surface area contributed by atoms with Gasteiger partial charge in [-0.1, -0.05) is 6.92 Å². The van der Waals surface area contributed by atoms with Gasteiger partial charge in [-0.15, -0.1) is 11.6 Å². The first-order valence-corrected chi connectivity index (χ1v) is 7.12. The van der Waals surface area contributed by atoms with E-state index in [1.54, 1.807) is 12.4 Å². The smallest absolute Gasteiger partial charge is 0.225 e. The molecule has 0 saturated carbocycles. The van der Waals surface area contributed by atoms with Gasteiger partial charge in [0, 0.05) is 43.3 Å². The van der Waals surface area contributed by atoms with Gasteiger partial charge in [0.1, 0.15) is 0 Å². The number of anilines is 1. The first-order valence-electron chi connectivity index (χ1n) is 6.59. The van der Waals surface area contributed by atoms with Gasteiger partial charge in [0.2, 0.25) is 11.9 Å². The van der Waals surface area contributed by atoms with Crippen LogP contribution in [0.5, 0.6) is 0 Å². The second-order valence-electron chi connectivity index (χ2n) is 4.87. The van der Waals surface area contributed by atoms with Crippen LogP contribution in [-0.2, 0) is 4.79 Å². The zero-order valence-electron chi connectivity index (χ0n) is 11.1. The molecule has 1 fully saturated rings. The molecule has 2 heterocycles. The number of carbonyl (C=O) groups is 1. The Kier molecular flexibility index (Phi) is 4.96. The van der Waals surface area contributed by atoms with Crippen molar-refractivity contribution in [1.82, 2.24) is 15.3 Å². The topological polar surface area (TPSA) is 58.1 Å². The number of rotatable bonds is 4. The minimum Gasteiger partial charge on any atom is -0.353 e. The third-order valence-electron chi connectivity index (χ3n) is 3.36. The van der Waals surface area contributed by atoms with Gasteiger partial charge in [0.15, 0.2) is 0 Å². The Morgan fingerprint density at radius 1 is 1.47 bits per heavy atom. The molecular formula is C13H19ClN4O. The molecule has 1 N–H and O–H groups in total. The highest BCUT2D eigenvalue weighted by Crippen LogP contribution is 2.15. The molecule has 104 valence electrons. The Morgan fingerprint density at radius 3 is 2.68 bits per heavy atom. The zero-order chi connectivity index (χ0) is 13.7. The van der Waals surface area contributed by atoms with Crippen molar-refractivity contribution in [3.8, 4) is 0 Å². The number of aromatic nitrogens is 2. The number of alkyl halides is 1. The molecule has 1 atom stereocenters. The van der Waals surface area contributed by atoms with E-state index in [0.29, 0.717) is 5.88 Å². The van der Waals surface area contributed by atoms with Gasteiger partial charge in [0.05, 0.1) is 0 Å². The lowest BCUT2D eigenvalue weighted by Gasteiger charge is -2.32. The fraction of sp³-hybridized carbons (Fsp3) is 0.615. The molecule has 1 aromatic heterocycles. The van der Waals surface area contributed by atoms with Gasteiger partial charge in [0.25, 0.3) is 0 Å². The Bertz CT molecular complexity index is 406. The minimum absolute atomic E-state index is 0.0458. The number of nitrogens with one attached hydrogen (secondary N) is 1. The molecule has 1 amide bonds. The van der Waals surface area contributed by atoms with Crippen LogP contribution in [0.1, 0.15) is 19.8 Å². The molecule has 0 aliphatic carbocycles. The van der Waals surface area contributed by atoms with Crippen LogP contribution in [0, 0.1) is 5.92 Å². The number of piperidine rings is 1. The molecule has 1 aromatic rings. The van der Waals surface area contributed by atoms with Gasteiger partial charge in [-0.2, -0.15) is 0 Å². The molecule has 2 rings (SSSR count). The summed E-state index contributed by atoms with van der Waals surface area (Å²) in [6.07, 6.45) is 5.33. The van der Waals surface area contributed by atoms with Crippen molar-refractivity contribution in [3.05, 3.63) is 18.5 Å². The maximum atomic E-state index is 11.8. The predicted molar refractivity (Wildman–Crippen MR) is 75.3 cm³/mol. The maximum Gasteiger partial charge on any atom is 0.225 e. The summed E-state index contributed by atoms with van der Waals surface area (Å²) in [4.78, 5) is 22.4. The third kappa shape index (κ3) is 3.80. The molecule has 0 aromatic carbocycles. The van der Waals surface area contributed by atoms with Crippen LogP contribution in [0.4, 0.5) is 5.95 Å². The van der Waals surface area contributed by atoms with Crippen molar-refractivity contribution in [2.75, 3.05) is 23.9 Å². The highest BCUT2D eigenvalue weighted by Gasteiger charge is 2.23. The highest BCUT2D eigenvalue weighted by molar-refractivity contribution is 6.19. The number of amides is 1. The molecule has 0 bridgehead atoms. The number of carbonyl (C=O) groups excluding carboxylic acids is 1. The quantitative estimate of drug-likeness (QED) is 0.849. The third-order valence-corrected chi connectivity index (χ3v) is 3.82. The summed E-state index contributed by atoms with van der Waals surface area (Å²) in [5.74, 6) is 1.05. The Balaban J connectivity index is 1.81. The second kappa shape index (κ2) is 6.70. The molecule has 6 heteroatoms. The van der Waals surface area contributed by atoms with Crippen molar-refractivity contribution in [2.24, 2.45) is 5.92 Å². The molecule has 5 nitrogen and oxygen atoms in total. The second-order valence-corrected chi connectivity index (χ2v) is 5.18. The standard InChI is InChI=1S/C13H19ClN4O/c1-10(9-14)12(19)17-11-3-7-18(8-4-11)13-15-5-2-6-16-13/h2,5-6,10-11H,3-4,7-9H2,1H3,(H,17,19). The number of hydrogen-bond donors (Lipinski definition) is 1. The van der Waals surface area contributed by atoms with Crippen LogP contribution in [0.15, 0.2) is 18.5 Å². The number of hydrogen-bond acceptors (Lipinski definition) is 4. The fourth-order valence-corrected chi connectivity index (χ4v) is 2.23. The maximum absolute atomic E-state index is 11.8. The van der Waals surface area contributed by atoms with Crippen LogP contribution < -0.4 is 10.2 Å². The Labute approximate surface area is 118 Å². The van der Waals surface area contributed by atoms with Gasteiger partial charge in [-0.25, -0.2) is 9.97 Å². The first kappa shape index (κ1) is 14.1. The average molecular weight is 283 g/mol. The molecule has 1 unspecified atom stereocenters. The molecule has 1 saturated heterocycles. The van der Waals surface area contributed by atoms with Crippen molar-refractivity contribution in [3.63, 3.8) is 0 Å². The summed E-state index contributed by atoms with van der Waals surface area (Å²) in [7, 11) is 0. The van der Waals surface area contributed by atoms with Crippen molar-refractivity contribution in [2.45, 2.75) is 25.8 Å². The number of nitrogens with zero attached hydrogens (tertiary/aromatic N) is 3. The summed E-state index contributed by atoms with van der Waals surface area (Å²) >= 11 is 5.68. The Hall–Kier alpha value is -1.36. The van der Waals surface area contributed by atoms with Crippen LogP contribution in [-0.4, -0.2) is 40.9 Å². The largest absolute Gasteiger partial charge is 0.353 e. The van der Waals surface area contributed by atoms with Gasteiger partial charge in [-0.05, 0) is 18.9 Å². The van der Waals surface area contributed by atoms with E-state index in [1.165, 1.54) is 0 Å². The molecule has 19 heavy (non-hydrogen) atoms. The minimum atomic E-state index is -0.128. The normalized spacial score (nSPS) is 18.1. The average Bonchev–Trinajstić information content (AvgIpc) is 2.48. The van der Waals surface area contributed by atoms with Gasteiger partial charge < -0.3 is 10.2 Å². The van der Waals surface area contributed by atoms with E-state index in [2.05, 4.69) is 20.2 Å². The van der Waals surface area contributed by atoms with E-state index in [4.69, 9.17) is 11.6 Å². The highest BCUT2D eigenvalue weighted by atomic mass is 35.5. The van der Waals surface area contributed by atoms with Crippen molar-refractivity contribution >= 4 is 23.5 Å². The Morgan fingerprint density at radius 2 is 2.11 bits per heavy atom. The van der Waals surface area contributed by atoms with E-state index >= 15 is 0 Å².